The molecule has 5 nitrogen and oxygen atoms in total. The number of hydrogen-bond acceptors (Lipinski definition) is 4. The van der Waals surface area contributed by atoms with Crippen LogP contribution in [0.5, 0.6) is 0 Å². The van der Waals surface area contributed by atoms with Crippen molar-refractivity contribution in [1.82, 2.24) is 0 Å². The Balaban J connectivity index is 2.00. The Hall–Kier alpha value is -2.66. The lowest BCUT2D eigenvalue weighted by molar-refractivity contribution is -0.145. The van der Waals surface area contributed by atoms with Crippen molar-refractivity contribution in [1.29, 1.82) is 0 Å². The summed E-state index contributed by atoms with van der Waals surface area (Å²) >= 11 is 5.80. The topological polar surface area (TPSA) is 72.5 Å². The van der Waals surface area contributed by atoms with Gasteiger partial charge in [-0.25, -0.2) is 0 Å². The Morgan fingerprint density at radius 2 is 1.50 bits per heavy atom. The van der Waals surface area contributed by atoms with Crippen molar-refractivity contribution in [3.8, 4) is 0 Å². The van der Waals surface area contributed by atoms with Crippen molar-refractivity contribution < 1.29 is 19.1 Å². The summed E-state index contributed by atoms with van der Waals surface area (Å²) in [6.07, 6.45) is -0.348. The van der Waals surface area contributed by atoms with Gasteiger partial charge in [0.1, 0.15) is 6.42 Å². The fourth-order valence-corrected chi connectivity index (χ4v) is 2.15. The van der Waals surface area contributed by atoms with Crippen molar-refractivity contribution in [2.75, 3.05) is 11.9 Å². The third kappa shape index (κ3) is 4.93. The van der Waals surface area contributed by atoms with Crippen LogP contribution < -0.4 is 5.32 Å². The predicted molar refractivity (Wildman–Crippen MR) is 91.2 cm³/mol. The molecule has 0 atom stereocenters. The van der Waals surface area contributed by atoms with Crippen molar-refractivity contribution in [2.24, 2.45) is 0 Å². The number of anilines is 1. The average molecular weight is 346 g/mol. The SMILES string of the molecule is CCOC(=O)CC(=O)Nc1ccc(C(=O)c2ccc(Cl)cc2)cc1. The van der Waals surface area contributed by atoms with Crippen LogP contribution in [0, 0.1) is 0 Å². The normalized spacial score (nSPS) is 10.1. The van der Waals surface area contributed by atoms with E-state index in [0.29, 0.717) is 21.8 Å². The maximum absolute atomic E-state index is 12.3. The maximum atomic E-state index is 12.3. The Morgan fingerprint density at radius 3 is 2.04 bits per heavy atom. The van der Waals surface area contributed by atoms with Crippen LogP contribution >= 0.6 is 11.6 Å². The Labute approximate surface area is 144 Å². The number of halogens is 1. The molecule has 0 aliphatic rings. The minimum atomic E-state index is -0.579. The second kappa shape index (κ2) is 8.26. The van der Waals surface area contributed by atoms with Crippen LogP contribution in [0.2, 0.25) is 5.02 Å². The lowest BCUT2D eigenvalue weighted by Crippen LogP contribution is -2.18. The lowest BCUT2D eigenvalue weighted by atomic mass is 10.0. The van der Waals surface area contributed by atoms with E-state index in [0.717, 1.165) is 0 Å². The summed E-state index contributed by atoms with van der Waals surface area (Å²) in [5, 5.41) is 3.14. The first kappa shape index (κ1) is 17.7. The third-order valence-electron chi connectivity index (χ3n) is 3.15. The highest BCUT2D eigenvalue weighted by molar-refractivity contribution is 6.30. The van der Waals surface area contributed by atoms with E-state index >= 15 is 0 Å². The number of rotatable bonds is 6. The van der Waals surface area contributed by atoms with Crippen molar-refractivity contribution in [2.45, 2.75) is 13.3 Å². The number of nitrogens with one attached hydrogen (secondary N) is 1. The monoisotopic (exact) mass is 345 g/mol. The minimum Gasteiger partial charge on any atom is -0.466 e. The molecular weight excluding hydrogens is 330 g/mol. The van der Waals surface area contributed by atoms with Gasteiger partial charge in [0.25, 0.3) is 0 Å². The first-order chi connectivity index (χ1) is 11.5. The maximum Gasteiger partial charge on any atom is 0.315 e. The van der Waals surface area contributed by atoms with E-state index in [4.69, 9.17) is 16.3 Å². The predicted octanol–water partition coefficient (Wildman–Crippen LogP) is 3.46. The van der Waals surface area contributed by atoms with Crippen molar-refractivity contribution in [3.05, 3.63) is 64.7 Å². The molecule has 0 saturated heterocycles. The Kier molecular flexibility index (Phi) is 6.09. The molecule has 0 radical (unpaired) electrons. The molecule has 0 aliphatic heterocycles. The van der Waals surface area contributed by atoms with E-state index in [1.54, 1.807) is 55.5 Å². The molecule has 1 N–H and O–H groups in total. The van der Waals surface area contributed by atoms with E-state index < -0.39 is 11.9 Å². The van der Waals surface area contributed by atoms with Gasteiger partial charge >= 0.3 is 5.97 Å². The number of hydrogen-bond donors (Lipinski definition) is 1. The van der Waals surface area contributed by atoms with Gasteiger partial charge in [0.05, 0.1) is 6.61 Å². The molecule has 0 bridgehead atoms. The Bertz CT molecular complexity index is 739. The summed E-state index contributed by atoms with van der Waals surface area (Å²) in [7, 11) is 0. The van der Waals surface area contributed by atoms with Crippen LogP contribution in [0.3, 0.4) is 0 Å². The van der Waals surface area contributed by atoms with Gasteiger partial charge in [0.15, 0.2) is 5.78 Å². The van der Waals surface area contributed by atoms with Crippen LogP contribution in [0.25, 0.3) is 0 Å². The number of esters is 1. The van der Waals surface area contributed by atoms with Crippen LogP contribution in [0.1, 0.15) is 29.3 Å². The zero-order chi connectivity index (χ0) is 17.5. The van der Waals surface area contributed by atoms with Gasteiger partial charge in [-0.3, -0.25) is 14.4 Å². The number of ether oxygens (including phenoxy) is 1. The third-order valence-corrected chi connectivity index (χ3v) is 3.40. The van der Waals surface area contributed by atoms with Crippen molar-refractivity contribution >= 4 is 34.9 Å². The molecule has 2 aromatic rings. The van der Waals surface area contributed by atoms with Gasteiger partial charge < -0.3 is 10.1 Å². The van der Waals surface area contributed by atoms with Gasteiger partial charge in [-0.05, 0) is 55.5 Å². The fraction of sp³-hybridized carbons (Fsp3) is 0.167. The average Bonchev–Trinajstić information content (AvgIpc) is 2.55. The van der Waals surface area contributed by atoms with Gasteiger partial charge in [-0.1, -0.05) is 11.6 Å². The highest BCUT2D eigenvalue weighted by Gasteiger charge is 2.12. The molecule has 0 spiro atoms. The number of amides is 1. The summed E-state index contributed by atoms with van der Waals surface area (Å²) in [4.78, 5) is 35.2. The molecule has 0 saturated carbocycles. The Morgan fingerprint density at radius 1 is 0.958 bits per heavy atom. The van der Waals surface area contributed by atoms with Crippen LogP contribution in [0.4, 0.5) is 5.69 Å². The lowest BCUT2D eigenvalue weighted by Gasteiger charge is -2.06. The molecule has 2 rings (SSSR count). The standard InChI is InChI=1S/C18H16ClNO4/c1-2-24-17(22)11-16(21)20-15-9-5-13(6-10-15)18(23)12-3-7-14(19)8-4-12/h3-10H,2,11H2,1H3,(H,20,21). The highest BCUT2D eigenvalue weighted by atomic mass is 35.5. The van der Waals surface area contributed by atoms with Gasteiger partial charge in [-0.2, -0.15) is 0 Å². The second-order valence-electron chi connectivity index (χ2n) is 4.94. The summed E-state index contributed by atoms with van der Waals surface area (Å²) in [6, 6.07) is 13.0. The molecular formula is C18H16ClNO4. The van der Waals surface area contributed by atoms with E-state index in [1.165, 1.54) is 0 Å². The molecule has 24 heavy (non-hydrogen) atoms. The number of carbonyl (C=O) groups excluding carboxylic acids is 3. The molecule has 0 heterocycles. The summed E-state index contributed by atoms with van der Waals surface area (Å²) in [5.41, 5.74) is 1.51. The van der Waals surface area contributed by atoms with Gasteiger partial charge in [0.2, 0.25) is 5.91 Å². The number of ketones is 1. The molecule has 2 aromatic carbocycles. The molecule has 0 aromatic heterocycles. The quantitative estimate of drug-likeness (QED) is 0.494. The summed E-state index contributed by atoms with van der Waals surface area (Å²) in [5.74, 6) is -1.19. The summed E-state index contributed by atoms with van der Waals surface area (Å²) < 4.78 is 4.70. The smallest absolute Gasteiger partial charge is 0.315 e. The first-order valence-corrected chi connectivity index (χ1v) is 7.73. The van der Waals surface area contributed by atoms with E-state index in [2.05, 4.69) is 5.32 Å². The molecule has 6 heteroatoms. The minimum absolute atomic E-state index is 0.143. The zero-order valence-corrected chi connectivity index (χ0v) is 13.8. The second-order valence-corrected chi connectivity index (χ2v) is 5.38. The molecule has 0 unspecified atom stereocenters. The molecule has 124 valence electrons. The zero-order valence-electron chi connectivity index (χ0n) is 13.0. The largest absolute Gasteiger partial charge is 0.466 e. The summed E-state index contributed by atoms with van der Waals surface area (Å²) in [6.45, 7) is 1.90. The highest BCUT2D eigenvalue weighted by Crippen LogP contribution is 2.16. The molecule has 0 fully saturated rings. The van der Waals surface area contributed by atoms with Crippen LogP contribution in [-0.2, 0) is 14.3 Å². The fourth-order valence-electron chi connectivity index (χ4n) is 2.02. The van der Waals surface area contributed by atoms with E-state index in [-0.39, 0.29) is 18.8 Å². The van der Waals surface area contributed by atoms with E-state index in [9.17, 15) is 14.4 Å². The van der Waals surface area contributed by atoms with Gasteiger partial charge in [0, 0.05) is 21.8 Å². The van der Waals surface area contributed by atoms with Crippen LogP contribution in [0.15, 0.2) is 48.5 Å². The number of carbonyl (C=O) groups is 3. The molecule has 1 amide bonds. The van der Waals surface area contributed by atoms with Gasteiger partial charge in [-0.15, -0.1) is 0 Å². The number of benzene rings is 2. The van der Waals surface area contributed by atoms with Crippen molar-refractivity contribution in [3.63, 3.8) is 0 Å². The molecule has 0 aliphatic carbocycles. The first-order valence-electron chi connectivity index (χ1n) is 7.35. The van der Waals surface area contributed by atoms with Crippen LogP contribution in [-0.4, -0.2) is 24.3 Å². The van der Waals surface area contributed by atoms with E-state index in [1.807, 2.05) is 0 Å².